The number of anilines is 1. The molecular weight excluding hydrogens is 408 g/mol. The highest BCUT2D eigenvalue weighted by Gasteiger charge is 2.28. The number of nitro groups is 1. The summed E-state index contributed by atoms with van der Waals surface area (Å²) in [6, 6.07) is 3.45. The molecule has 0 N–H and O–H groups in total. The monoisotopic (exact) mass is 432 g/mol. The van der Waals surface area contributed by atoms with Gasteiger partial charge < -0.3 is 19.3 Å². The van der Waals surface area contributed by atoms with Gasteiger partial charge in [-0.05, 0) is 32.9 Å². The summed E-state index contributed by atoms with van der Waals surface area (Å²) < 4.78 is 11.2. The molecule has 0 unspecified atom stereocenters. The highest BCUT2D eigenvalue weighted by atomic mass is 16.6. The number of hydrogen-bond acceptors (Lipinski definition) is 9. The van der Waals surface area contributed by atoms with E-state index in [0.717, 1.165) is 13.3 Å². The van der Waals surface area contributed by atoms with Crippen LogP contribution in [0.15, 0.2) is 24.5 Å². The van der Waals surface area contributed by atoms with E-state index >= 15 is 0 Å². The molecule has 0 atom stereocenters. The first kappa shape index (κ1) is 22.0. The predicted molar refractivity (Wildman–Crippen MR) is 109 cm³/mol. The molecule has 1 fully saturated rings. The highest BCUT2D eigenvalue weighted by molar-refractivity contribution is 5.91. The second-order valence-corrected chi connectivity index (χ2v) is 7.89. The number of carbonyl (C=O) groups is 2. The third-order valence-electron chi connectivity index (χ3n) is 4.52. The molecule has 3 heterocycles. The Morgan fingerprint density at radius 2 is 1.84 bits per heavy atom. The molecule has 31 heavy (non-hydrogen) atoms. The normalized spacial score (nSPS) is 14.3. The minimum absolute atomic E-state index is 0.336. The Bertz CT molecular complexity index is 973. The number of carbonyl (C=O) groups excluding carboxylic acids is 2. The molecule has 1 saturated heterocycles. The first-order valence-electron chi connectivity index (χ1n) is 9.61. The molecule has 3 rings (SSSR count). The Balaban J connectivity index is 1.68. The maximum atomic E-state index is 12.2. The van der Waals surface area contributed by atoms with Gasteiger partial charge in [-0.15, -0.1) is 0 Å². The number of amides is 1. The van der Waals surface area contributed by atoms with E-state index in [2.05, 4.69) is 14.8 Å². The molecule has 12 heteroatoms. The van der Waals surface area contributed by atoms with Crippen molar-refractivity contribution in [2.24, 2.45) is 0 Å². The Hall–Kier alpha value is -3.70. The Morgan fingerprint density at radius 3 is 2.35 bits per heavy atom. The highest BCUT2D eigenvalue weighted by Crippen LogP contribution is 2.22. The number of methoxy groups -OCH3 is 1. The zero-order chi connectivity index (χ0) is 22.8. The second-order valence-electron chi connectivity index (χ2n) is 7.89. The van der Waals surface area contributed by atoms with Crippen molar-refractivity contribution in [3.8, 4) is 5.69 Å². The van der Waals surface area contributed by atoms with Crippen molar-refractivity contribution in [1.82, 2.24) is 19.7 Å². The summed E-state index contributed by atoms with van der Waals surface area (Å²) in [5, 5.41) is 15.1. The van der Waals surface area contributed by atoms with Crippen molar-refractivity contribution in [3.63, 3.8) is 0 Å². The van der Waals surface area contributed by atoms with Crippen LogP contribution in [-0.4, -0.2) is 75.5 Å². The quantitative estimate of drug-likeness (QED) is 0.404. The molecule has 0 saturated carbocycles. The third kappa shape index (κ3) is 5.08. The molecule has 12 nitrogen and oxygen atoms in total. The number of ether oxygens (including phenoxy) is 2. The van der Waals surface area contributed by atoms with Gasteiger partial charge in [-0.3, -0.25) is 10.1 Å². The van der Waals surface area contributed by atoms with Gasteiger partial charge in [0.05, 0.1) is 23.9 Å². The van der Waals surface area contributed by atoms with Crippen LogP contribution >= 0.6 is 0 Å². The Morgan fingerprint density at radius 1 is 1.16 bits per heavy atom. The lowest BCUT2D eigenvalue weighted by molar-refractivity contribution is -0.385. The average molecular weight is 432 g/mol. The summed E-state index contributed by atoms with van der Waals surface area (Å²) in [6.45, 7) is 7.67. The lowest BCUT2D eigenvalue weighted by Gasteiger charge is -2.36. The van der Waals surface area contributed by atoms with E-state index in [-0.39, 0.29) is 11.8 Å². The number of aromatic nitrogens is 3. The van der Waals surface area contributed by atoms with Gasteiger partial charge in [0.25, 0.3) is 0 Å². The number of esters is 1. The first-order chi connectivity index (χ1) is 14.6. The Kier molecular flexibility index (Phi) is 6.09. The van der Waals surface area contributed by atoms with Crippen LogP contribution in [0.2, 0.25) is 0 Å². The maximum absolute atomic E-state index is 12.2. The molecule has 0 aromatic carbocycles. The summed E-state index contributed by atoms with van der Waals surface area (Å²) >= 11 is 0. The van der Waals surface area contributed by atoms with E-state index in [1.807, 2.05) is 25.7 Å². The summed E-state index contributed by atoms with van der Waals surface area (Å²) in [5.74, 6) is -0.194. The number of nitrogens with zero attached hydrogens (tertiary/aromatic N) is 6. The minimum atomic E-state index is -0.891. The molecular formula is C19H24N6O6. The van der Waals surface area contributed by atoms with Gasteiger partial charge >= 0.3 is 17.7 Å². The van der Waals surface area contributed by atoms with Gasteiger partial charge in [-0.1, -0.05) is 0 Å². The van der Waals surface area contributed by atoms with E-state index in [9.17, 15) is 19.7 Å². The summed E-state index contributed by atoms with van der Waals surface area (Å²) in [7, 11) is 1.13. The van der Waals surface area contributed by atoms with Crippen molar-refractivity contribution in [2.45, 2.75) is 26.4 Å². The molecule has 0 bridgehead atoms. The van der Waals surface area contributed by atoms with E-state index < -0.39 is 22.2 Å². The topological polar surface area (TPSA) is 133 Å². The van der Waals surface area contributed by atoms with Crippen LogP contribution in [0.3, 0.4) is 0 Å². The van der Waals surface area contributed by atoms with Crippen LogP contribution in [-0.2, 0) is 9.47 Å². The van der Waals surface area contributed by atoms with Crippen molar-refractivity contribution in [1.29, 1.82) is 0 Å². The number of hydrogen-bond donors (Lipinski definition) is 0. The fourth-order valence-electron chi connectivity index (χ4n) is 3.02. The fraction of sp³-hybridized carbons (Fsp3) is 0.474. The Labute approximate surface area is 178 Å². The average Bonchev–Trinajstić information content (AvgIpc) is 3.18. The van der Waals surface area contributed by atoms with Crippen LogP contribution in [0, 0.1) is 10.1 Å². The van der Waals surface area contributed by atoms with Crippen molar-refractivity contribution < 1.29 is 24.0 Å². The summed E-state index contributed by atoms with van der Waals surface area (Å²) in [4.78, 5) is 42.5. The van der Waals surface area contributed by atoms with E-state index in [1.165, 1.54) is 10.9 Å². The molecule has 1 aliphatic rings. The number of piperazine rings is 1. The zero-order valence-electron chi connectivity index (χ0n) is 17.8. The molecule has 1 amide bonds. The summed E-state index contributed by atoms with van der Waals surface area (Å²) in [5.41, 5.74) is -0.917. The molecule has 0 aliphatic carbocycles. The second kappa shape index (κ2) is 8.58. The smallest absolute Gasteiger partial charge is 0.410 e. The van der Waals surface area contributed by atoms with Crippen molar-refractivity contribution >= 4 is 23.6 Å². The zero-order valence-corrected chi connectivity index (χ0v) is 17.8. The van der Waals surface area contributed by atoms with Gasteiger partial charge in [0.15, 0.2) is 0 Å². The third-order valence-corrected chi connectivity index (χ3v) is 4.52. The van der Waals surface area contributed by atoms with E-state index in [1.54, 1.807) is 17.0 Å². The van der Waals surface area contributed by atoms with Gasteiger partial charge in [-0.25, -0.2) is 19.3 Å². The number of rotatable bonds is 4. The van der Waals surface area contributed by atoms with E-state index in [0.29, 0.717) is 37.7 Å². The van der Waals surface area contributed by atoms with Crippen LogP contribution in [0.5, 0.6) is 0 Å². The van der Waals surface area contributed by atoms with Crippen LogP contribution in [0.4, 0.5) is 16.3 Å². The maximum Gasteiger partial charge on any atom is 0.410 e. The van der Waals surface area contributed by atoms with Crippen LogP contribution < -0.4 is 4.90 Å². The van der Waals surface area contributed by atoms with Crippen LogP contribution in [0.25, 0.3) is 5.69 Å². The van der Waals surface area contributed by atoms with Gasteiger partial charge in [0.2, 0.25) is 5.69 Å². The molecule has 2 aromatic heterocycles. The summed E-state index contributed by atoms with van der Waals surface area (Å²) in [6.07, 6.45) is 2.31. The van der Waals surface area contributed by atoms with Gasteiger partial charge in [0, 0.05) is 26.2 Å². The molecule has 166 valence electrons. The molecule has 2 aromatic rings. The van der Waals surface area contributed by atoms with Crippen molar-refractivity contribution in [3.05, 3.63) is 40.3 Å². The van der Waals surface area contributed by atoms with Gasteiger partial charge in [0.1, 0.15) is 17.6 Å². The van der Waals surface area contributed by atoms with Gasteiger partial charge in [-0.2, -0.15) is 5.10 Å². The standard InChI is InChI=1S/C19H24N6O6/c1-19(2,3)31-18(27)23-9-7-22(8-10-23)15-6-5-13(11-20-15)24-12-14(25(28)29)16(21-24)17(26)30-4/h5-6,11-12H,7-10H2,1-4H3. The van der Waals surface area contributed by atoms with E-state index in [4.69, 9.17) is 4.74 Å². The largest absolute Gasteiger partial charge is 0.464 e. The number of pyridine rings is 1. The first-order valence-corrected chi connectivity index (χ1v) is 9.61. The lowest BCUT2D eigenvalue weighted by atomic mass is 10.2. The SMILES string of the molecule is COC(=O)c1nn(-c2ccc(N3CCN(C(=O)OC(C)(C)C)CC3)nc2)cc1[N+](=O)[O-]. The van der Waals surface area contributed by atoms with Crippen molar-refractivity contribution in [2.75, 3.05) is 38.2 Å². The lowest BCUT2D eigenvalue weighted by Crippen LogP contribution is -2.50. The molecule has 0 spiro atoms. The minimum Gasteiger partial charge on any atom is -0.464 e. The fourth-order valence-corrected chi connectivity index (χ4v) is 3.02. The van der Waals surface area contributed by atoms with Crippen LogP contribution in [0.1, 0.15) is 31.3 Å². The predicted octanol–water partition coefficient (Wildman–Crippen LogP) is 2.02. The molecule has 0 radical (unpaired) electrons. The molecule has 1 aliphatic heterocycles.